The van der Waals surface area contributed by atoms with Crippen molar-refractivity contribution in [2.45, 2.75) is 38.2 Å². The molecule has 4 heteroatoms. The van der Waals surface area contributed by atoms with Gasteiger partial charge in [-0.05, 0) is 31.3 Å². The topological polar surface area (TPSA) is 49.3 Å². The van der Waals surface area contributed by atoms with Crippen LogP contribution in [0.25, 0.3) is 0 Å². The number of hydrogen-bond acceptors (Lipinski definition) is 3. The Morgan fingerprint density at radius 3 is 2.93 bits per heavy atom. The Morgan fingerprint density at radius 2 is 2.33 bits per heavy atom. The molecule has 0 aromatic rings. The second kappa shape index (κ2) is 7.12. The van der Waals surface area contributed by atoms with Crippen LogP contribution in [-0.4, -0.2) is 35.7 Å². The van der Waals surface area contributed by atoms with Crippen LogP contribution >= 0.6 is 11.8 Å². The molecular weight excluding hydrogens is 210 g/mol. The van der Waals surface area contributed by atoms with Gasteiger partial charge in [-0.15, -0.1) is 0 Å². The summed E-state index contributed by atoms with van der Waals surface area (Å²) < 4.78 is 0. The van der Waals surface area contributed by atoms with Crippen molar-refractivity contribution in [3.8, 4) is 0 Å². The molecule has 2 unspecified atom stereocenters. The van der Waals surface area contributed by atoms with Crippen LogP contribution in [0.5, 0.6) is 0 Å². The molecule has 0 bridgehead atoms. The van der Waals surface area contributed by atoms with E-state index in [0.717, 1.165) is 31.4 Å². The molecule has 1 fully saturated rings. The third-order valence-corrected chi connectivity index (χ3v) is 3.63. The van der Waals surface area contributed by atoms with Crippen LogP contribution < -0.4 is 5.32 Å². The van der Waals surface area contributed by atoms with Gasteiger partial charge >= 0.3 is 0 Å². The Bertz CT molecular complexity index is 199. The first-order chi connectivity index (χ1) is 7.24. The lowest BCUT2D eigenvalue weighted by molar-refractivity contribution is -0.121. The third-order valence-electron chi connectivity index (χ3n) is 2.93. The smallest absolute Gasteiger partial charge is 0.220 e. The molecule has 1 aliphatic carbocycles. The highest BCUT2D eigenvalue weighted by Gasteiger charge is 2.25. The lowest BCUT2D eigenvalue weighted by Gasteiger charge is -2.14. The van der Waals surface area contributed by atoms with Gasteiger partial charge in [0.2, 0.25) is 5.91 Å². The first-order valence-electron chi connectivity index (χ1n) is 5.67. The van der Waals surface area contributed by atoms with Crippen molar-refractivity contribution in [3.05, 3.63) is 0 Å². The fraction of sp³-hybridized carbons (Fsp3) is 0.909. The average molecular weight is 231 g/mol. The number of carbonyl (C=O) groups excluding carboxylic acids is 1. The van der Waals surface area contributed by atoms with Crippen LogP contribution in [0.4, 0.5) is 0 Å². The molecule has 88 valence electrons. The van der Waals surface area contributed by atoms with Crippen molar-refractivity contribution in [3.63, 3.8) is 0 Å². The number of aliphatic hydroxyl groups excluding tert-OH is 1. The van der Waals surface area contributed by atoms with Crippen molar-refractivity contribution in [1.82, 2.24) is 5.32 Å². The summed E-state index contributed by atoms with van der Waals surface area (Å²) in [6.45, 7) is 0.652. The Kier molecular flexibility index (Phi) is 6.10. The Hall–Kier alpha value is -0.220. The average Bonchev–Trinajstić information content (AvgIpc) is 2.61. The fourth-order valence-electron chi connectivity index (χ4n) is 1.97. The molecule has 0 aromatic carbocycles. The first-order valence-corrected chi connectivity index (χ1v) is 7.07. The minimum Gasteiger partial charge on any atom is -0.393 e. The molecule has 1 amide bonds. The van der Waals surface area contributed by atoms with Gasteiger partial charge in [-0.25, -0.2) is 0 Å². The van der Waals surface area contributed by atoms with Crippen LogP contribution in [0.1, 0.15) is 32.1 Å². The Balaban J connectivity index is 2.05. The zero-order valence-corrected chi connectivity index (χ0v) is 10.2. The fourth-order valence-corrected chi connectivity index (χ4v) is 2.40. The molecule has 3 nitrogen and oxygen atoms in total. The number of nitrogens with one attached hydrogen (secondary N) is 1. The molecule has 0 radical (unpaired) electrons. The SMILES string of the molecule is CSCCCC(=O)NCC1CCCC1O. The van der Waals surface area contributed by atoms with Gasteiger partial charge < -0.3 is 10.4 Å². The number of carbonyl (C=O) groups is 1. The van der Waals surface area contributed by atoms with E-state index in [1.807, 2.05) is 6.26 Å². The van der Waals surface area contributed by atoms with E-state index in [0.29, 0.717) is 13.0 Å². The largest absolute Gasteiger partial charge is 0.393 e. The number of hydrogen-bond donors (Lipinski definition) is 2. The first kappa shape index (κ1) is 12.8. The van der Waals surface area contributed by atoms with E-state index in [1.165, 1.54) is 0 Å². The van der Waals surface area contributed by atoms with Crippen molar-refractivity contribution in [1.29, 1.82) is 0 Å². The standard InChI is InChI=1S/C11H21NO2S/c1-15-7-3-6-11(14)12-8-9-4-2-5-10(9)13/h9-10,13H,2-8H2,1H3,(H,12,14). The molecular formula is C11H21NO2S. The number of rotatable bonds is 6. The maximum Gasteiger partial charge on any atom is 0.220 e. The second-order valence-electron chi connectivity index (χ2n) is 4.16. The van der Waals surface area contributed by atoms with Gasteiger partial charge in [-0.2, -0.15) is 11.8 Å². The van der Waals surface area contributed by atoms with Crippen LogP contribution in [0.3, 0.4) is 0 Å². The molecule has 0 saturated heterocycles. The van der Waals surface area contributed by atoms with Crippen LogP contribution in [0.15, 0.2) is 0 Å². The molecule has 0 heterocycles. The minimum absolute atomic E-state index is 0.128. The molecule has 0 spiro atoms. The maximum absolute atomic E-state index is 11.4. The van der Waals surface area contributed by atoms with Crippen molar-refractivity contribution >= 4 is 17.7 Å². The lowest BCUT2D eigenvalue weighted by Crippen LogP contribution is -2.32. The second-order valence-corrected chi connectivity index (χ2v) is 5.14. The van der Waals surface area contributed by atoms with Crippen molar-refractivity contribution in [2.24, 2.45) is 5.92 Å². The van der Waals surface area contributed by atoms with E-state index in [2.05, 4.69) is 5.32 Å². The summed E-state index contributed by atoms with van der Waals surface area (Å²) in [7, 11) is 0. The Labute approximate surface area is 96.0 Å². The van der Waals surface area contributed by atoms with Gasteiger partial charge in [-0.3, -0.25) is 4.79 Å². The Morgan fingerprint density at radius 1 is 1.53 bits per heavy atom. The van der Waals surface area contributed by atoms with Gasteiger partial charge in [0, 0.05) is 18.9 Å². The monoisotopic (exact) mass is 231 g/mol. The zero-order valence-electron chi connectivity index (χ0n) is 9.37. The van der Waals surface area contributed by atoms with Crippen LogP contribution in [0, 0.1) is 5.92 Å². The molecule has 15 heavy (non-hydrogen) atoms. The molecule has 0 aromatic heterocycles. The van der Waals surface area contributed by atoms with E-state index in [4.69, 9.17) is 0 Å². The molecule has 0 aliphatic heterocycles. The van der Waals surface area contributed by atoms with Gasteiger partial charge in [0.15, 0.2) is 0 Å². The van der Waals surface area contributed by atoms with Gasteiger partial charge in [-0.1, -0.05) is 6.42 Å². The quantitative estimate of drug-likeness (QED) is 0.680. The predicted octanol–water partition coefficient (Wildman–Crippen LogP) is 1.41. The van der Waals surface area contributed by atoms with E-state index < -0.39 is 0 Å². The van der Waals surface area contributed by atoms with Gasteiger partial charge in [0.1, 0.15) is 0 Å². The molecule has 2 atom stereocenters. The number of aliphatic hydroxyl groups is 1. The highest BCUT2D eigenvalue weighted by molar-refractivity contribution is 7.98. The van der Waals surface area contributed by atoms with Gasteiger partial charge in [0.05, 0.1) is 6.10 Å². The number of thioether (sulfide) groups is 1. The van der Waals surface area contributed by atoms with Gasteiger partial charge in [0.25, 0.3) is 0 Å². The summed E-state index contributed by atoms with van der Waals surface area (Å²) in [5.41, 5.74) is 0. The summed E-state index contributed by atoms with van der Waals surface area (Å²) in [4.78, 5) is 11.4. The van der Waals surface area contributed by atoms with Crippen LogP contribution in [-0.2, 0) is 4.79 Å². The van der Waals surface area contributed by atoms with Crippen molar-refractivity contribution < 1.29 is 9.90 Å². The maximum atomic E-state index is 11.4. The molecule has 1 saturated carbocycles. The van der Waals surface area contributed by atoms with E-state index >= 15 is 0 Å². The summed E-state index contributed by atoms with van der Waals surface area (Å²) in [6, 6.07) is 0. The zero-order chi connectivity index (χ0) is 11.1. The number of amides is 1. The third kappa shape index (κ3) is 4.89. The minimum atomic E-state index is -0.198. The highest BCUT2D eigenvalue weighted by Crippen LogP contribution is 2.24. The van der Waals surface area contributed by atoms with E-state index in [-0.39, 0.29) is 17.9 Å². The normalized spacial score (nSPS) is 25.5. The van der Waals surface area contributed by atoms with Crippen molar-refractivity contribution in [2.75, 3.05) is 18.6 Å². The molecule has 2 N–H and O–H groups in total. The molecule has 1 rings (SSSR count). The summed E-state index contributed by atoms with van der Waals surface area (Å²) in [6.07, 6.45) is 6.45. The summed E-state index contributed by atoms with van der Waals surface area (Å²) in [5.74, 6) is 1.46. The lowest BCUT2D eigenvalue weighted by atomic mass is 10.1. The molecule has 1 aliphatic rings. The summed E-state index contributed by atoms with van der Waals surface area (Å²) >= 11 is 1.77. The predicted molar refractivity (Wildman–Crippen MR) is 64.0 cm³/mol. The van der Waals surface area contributed by atoms with E-state index in [9.17, 15) is 9.90 Å². The van der Waals surface area contributed by atoms with E-state index in [1.54, 1.807) is 11.8 Å². The summed E-state index contributed by atoms with van der Waals surface area (Å²) in [5, 5.41) is 12.5. The highest BCUT2D eigenvalue weighted by atomic mass is 32.2. The van der Waals surface area contributed by atoms with Crippen LogP contribution in [0.2, 0.25) is 0 Å².